The average molecular weight is 311 g/mol. The smallest absolute Gasteiger partial charge is 0.251 e. The summed E-state index contributed by atoms with van der Waals surface area (Å²) in [6.07, 6.45) is 1.57. The molecule has 0 heterocycles. The van der Waals surface area contributed by atoms with Crippen LogP contribution in [-0.2, 0) is 10.0 Å². The third-order valence-electron chi connectivity index (χ3n) is 2.68. The van der Waals surface area contributed by atoms with E-state index in [4.69, 9.17) is 0 Å². The molecule has 0 fully saturated rings. The number of nitrogens with one attached hydrogen (secondary N) is 2. The van der Waals surface area contributed by atoms with Gasteiger partial charge < -0.3 is 10.2 Å². The van der Waals surface area contributed by atoms with E-state index in [9.17, 15) is 13.2 Å². The molecule has 0 atom stereocenters. The molecule has 21 heavy (non-hydrogen) atoms. The predicted molar refractivity (Wildman–Crippen MR) is 82.7 cm³/mol. The topological polar surface area (TPSA) is 78.5 Å². The molecule has 0 radical (unpaired) electrons. The number of nitrogens with zero attached hydrogens (tertiary/aromatic N) is 1. The molecule has 0 aliphatic carbocycles. The molecule has 116 valence electrons. The lowest BCUT2D eigenvalue weighted by Crippen LogP contribution is -2.31. The lowest BCUT2D eigenvalue weighted by Gasteiger charge is -2.11. The van der Waals surface area contributed by atoms with Crippen LogP contribution >= 0.6 is 0 Å². The van der Waals surface area contributed by atoms with Gasteiger partial charge in [-0.05, 0) is 38.4 Å². The number of hydrogen-bond acceptors (Lipinski definition) is 4. The predicted octanol–water partition coefficient (Wildman–Crippen LogP) is 0.442. The molecule has 1 aromatic carbocycles. The van der Waals surface area contributed by atoms with E-state index in [1.807, 2.05) is 19.0 Å². The van der Waals surface area contributed by atoms with Gasteiger partial charge >= 0.3 is 0 Å². The summed E-state index contributed by atoms with van der Waals surface area (Å²) < 4.78 is 26.6. The summed E-state index contributed by atoms with van der Waals surface area (Å²) in [5, 5.41) is 2.63. The van der Waals surface area contributed by atoms with E-state index >= 15 is 0 Å². The molecule has 7 heteroatoms. The minimum atomic E-state index is -3.54. The molecule has 0 bridgehead atoms. The maximum atomic E-state index is 12.0. The lowest BCUT2D eigenvalue weighted by atomic mass is 10.2. The number of rotatable bonds is 8. The zero-order chi connectivity index (χ0) is 15.9. The minimum Gasteiger partial charge on any atom is -0.349 e. The van der Waals surface area contributed by atoms with Crippen molar-refractivity contribution in [3.8, 4) is 0 Å². The Labute approximate surface area is 125 Å². The van der Waals surface area contributed by atoms with Gasteiger partial charge in [-0.1, -0.05) is 6.08 Å². The summed E-state index contributed by atoms with van der Waals surface area (Å²) in [7, 11) is 0.192. The molecule has 1 rings (SSSR count). The number of amides is 1. The Kier molecular flexibility index (Phi) is 6.54. The Balaban J connectivity index is 2.72. The standard InChI is InChI=1S/C14H21N3O3S/c1-4-9-15-14(18)12-5-7-13(8-6-12)21(19,20)16-10-11-17(2)3/h4-8,16H,1,9-11H2,2-3H3,(H,15,18). The second-order valence-corrected chi connectivity index (χ2v) is 6.49. The van der Waals surface area contributed by atoms with E-state index in [0.29, 0.717) is 25.2 Å². The SMILES string of the molecule is C=CCNC(=O)c1ccc(S(=O)(=O)NCCN(C)C)cc1. The number of carbonyl (C=O) groups is 1. The Morgan fingerprint density at radius 3 is 2.43 bits per heavy atom. The molecule has 2 N–H and O–H groups in total. The first-order valence-corrected chi connectivity index (χ1v) is 7.98. The first-order chi connectivity index (χ1) is 9.86. The minimum absolute atomic E-state index is 0.140. The maximum absolute atomic E-state index is 12.0. The van der Waals surface area contributed by atoms with Crippen molar-refractivity contribution in [2.24, 2.45) is 0 Å². The second-order valence-electron chi connectivity index (χ2n) is 4.72. The van der Waals surface area contributed by atoms with Crippen molar-refractivity contribution in [2.45, 2.75) is 4.90 Å². The number of hydrogen-bond donors (Lipinski definition) is 2. The van der Waals surface area contributed by atoms with Crippen LogP contribution in [-0.4, -0.2) is 53.0 Å². The van der Waals surface area contributed by atoms with Crippen LogP contribution in [0.3, 0.4) is 0 Å². The molecule has 0 saturated heterocycles. The lowest BCUT2D eigenvalue weighted by molar-refractivity contribution is 0.0958. The van der Waals surface area contributed by atoms with Crippen LogP contribution in [0.2, 0.25) is 0 Å². The van der Waals surface area contributed by atoms with Gasteiger partial charge in [-0.25, -0.2) is 13.1 Å². The third-order valence-corrected chi connectivity index (χ3v) is 4.16. The second kappa shape index (κ2) is 7.92. The van der Waals surface area contributed by atoms with E-state index in [-0.39, 0.29) is 10.8 Å². The summed E-state index contributed by atoms with van der Waals surface area (Å²) in [4.78, 5) is 13.7. The van der Waals surface area contributed by atoms with E-state index < -0.39 is 10.0 Å². The van der Waals surface area contributed by atoms with Gasteiger partial charge in [-0.2, -0.15) is 0 Å². The fourth-order valence-corrected chi connectivity index (χ4v) is 2.56. The van der Waals surface area contributed by atoms with Gasteiger partial charge in [0, 0.05) is 25.2 Å². The van der Waals surface area contributed by atoms with Crippen molar-refractivity contribution in [1.29, 1.82) is 0 Å². The van der Waals surface area contributed by atoms with Crippen LogP contribution in [0.4, 0.5) is 0 Å². The van der Waals surface area contributed by atoms with Crippen molar-refractivity contribution in [2.75, 3.05) is 33.7 Å². The summed E-state index contributed by atoms with van der Waals surface area (Å²) in [5.74, 6) is -0.264. The number of benzene rings is 1. The molecule has 1 aromatic rings. The molecular formula is C14H21N3O3S. The van der Waals surface area contributed by atoms with Gasteiger partial charge in [-0.3, -0.25) is 4.79 Å². The van der Waals surface area contributed by atoms with Gasteiger partial charge in [0.05, 0.1) is 4.90 Å². The van der Waals surface area contributed by atoms with Crippen LogP contribution in [0.15, 0.2) is 41.8 Å². The van der Waals surface area contributed by atoms with Crippen LogP contribution in [0, 0.1) is 0 Å². The van der Waals surface area contributed by atoms with E-state index in [1.54, 1.807) is 6.08 Å². The average Bonchev–Trinajstić information content (AvgIpc) is 2.44. The highest BCUT2D eigenvalue weighted by atomic mass is 32.2. The molecule has 0 spiro atoms. The monoisotopic (exact) mass is 311 g/mol. The number of sulfonamides is 1. The van der Waals surface area contributed by atoms with Gasteiger partial charge in [-0.15, -0.1) is 6.58 Å². The highest BCUT2D eigenvalue weighted by Gasteiger charge is 2.14. The van der Waals surface area contributed by atoms with Gasteiger partial charge in [0.25, 0.3) is 5.91 Å². The summed E-state index contributed by atoms with van der Waals surface area (Å²) in [5.41, 5.74) is 0.407. The van der Waals surface area contributed by atoms with Crippen LogP contribution < -0.4 is 10.0 Å². The van der Waals surface area contributed by atoms with Crippen molar-refractivity contribution >= 4 is 15.9 Å². The highest BCUT2D eigenvalue weighted by molar-refractivity contribution is 7.89. The fraction of sp³-hybridized carbons (Fsp3) is 0.357. The molecule has 0 unspecified atom stereocenters. The van der Waals surface area contributed by atoms with Crippen molar-refractivity contribution < 1.29 is 13.2 Å². The molecule has 0 aliphatic heterocycles. The third kappa shape index (κ3) is 5.66. The van der Waals surface area contributed by atoms with Crippen molar-refractivity contribution in [3.63, 3.8) is 0 Å². The Hall–Kier alpha value is -1.70. The quantitative estimate of drug-likeness (QED) is 0.683. The number of carbonyl (C=O) groups excluding carboxylic acids is 1. The molecule has 6 nitrogen and oxygen atoms in total. The van der Waals surface area contributed by atoms with Gasteiger partial charge in [0.1, 0.15) is 0 Å². The zero-order valence-corrected chi connectivity index (χ0v) is 13.1. The molecule has 0 saturated carbocycles. The summed E-state index contributed by atoms with van der Waals surface area (Å²) >= 11 is 0. The normalized spacial score (nSPS) is 11.4. The van der Waals surface area contributed by atoms with Crippen LogP contribution in [0.1, 0.15) is 10.4 Å². The van der Waals surface area contributed by atoms with Crippen LogP contribution in [0.25, 0.3) is 0 Å². The Morgan fingerprint density at radius 2 is 1.90 bits per heavy atom. The van der Waals surface area contributed by atoms with Crippen molar-refractivity contribution in [1.82, 2.24) is 14.9 Å². The Morgan fingerprint density at radius 1 is 1.29 bits per heavy atom. The summed E-state index contributed by atoms with van der Waals surface area (Å²) in [6.45, 7) is 4.82. The molecule has 1 amide bonds. The van der Waals surface area contributed by atoms with E-state index in [0.717, 1.165) is 0 Å². The van der Waals surface area contributed by atoms with Crippen LogP contribution in [0.5, 0.6) is 0 Å². The molecule has 0 aromatic heterocycles. The molecular weight excluding hydrogens is 290 g/mol. The van der Waals surface area contributed by atoms with Gasteiger partial charge in [0.2, 0.25) is 10.0 Å². The Bertz CT molecular complexity index is 580. The first-order valence-electron chi connectivity index (χ1n) is 6.50. The zero-order valence-electron chi connectivity index (χ0n) is 12.3. The fourth-order valence-electron chi connectivity index (χ4n) is 1.54. The van der Waals surface area contributed by atoms with E-state index in [2.05, 4.69) is 16.6 Å². The molecule has 0 aliphatic rings. The largest absolute Gasteiger partial charge is 0.349 e. The summed E-state index contributed by atoms with van der Waals surface area (Å²) in [6, 6.07) is 5.81. The van der Waals surface area contributed by atoms with Crippen molar-refractivity contribution in [3.05, 3.63) is 42.5 Å². The highest BCUT2D eigenvalue weighted by Crippen LogP contribution is 2.10. The maximum Gasteiger partial charge on any atom is 0.251 e. The van der Waals surface area contributed by atoms with Gasteiger partial charge in [0.15, 0.2) is 0 Å². The number of likely N-dealkylation sites (N-methyl/N-ethyl adjacent to an activating group) is 1. The van der Waals surface area contributed by atoms with E-state index in [1.165, 1.54) is 24.3 Å². The first kappa shape index (κ1) is 17.4.